The van der Waals surface area contributed by atoms with Gasteiger partial charge in [0.1, 0.15) is 0 Å². The van der Waals surface area contributed by atoms with Gasteiger partial charge in [0.05, 0.1) is 11.5 Å². The van der Waals surface area contributed by atoms with Crippen LogP contribution in [-0.4, -0.2) is 37.6 Å². The van der Waals surface area contributed by atoms with Crippen molar-refractivity contribution in [2.45, 2.75) is 32.2 Å². The Morgan fingerprint density at radius 2 is 2.27 bits per heavy atom. The molecule has 1 rings (SSSR count). The van der Waals surface area contributed by atoms with Crippen LogP contribution in [0.1, 0.15) is 26.2 Å². The second kappa shape index (κ2) is 5.65. The second-order valence-electron chi connectivity index (χ2n) is 3.85. The van der Waals surface area contributed by atoms with E-state index in [2.05, 4.69) is 17.6 Å². The van der Waals surface area contributed by atoms with E-state index in [4.69, 9.17) is 12.2 Å². The van der Waals surface area contributed by atoms with E-state index in [1.807, 2.05) is 0 Å². The van der Waals surface area contributed by atoms with Crippen LogP contribution in [0, 0.1) is 0 Å². The highest BCUT2D eigenvalue weighted by molar-refractivity contribution is 7.91. The molecule has 0 aliphatic carbocycles. The van der Waals surface area contributed by atoms with Crippen LogP contribution in [0.2, 0.25) is 0 Å². The maximum Gasteiger partial charge on any atom is 0.166 e. The van der Waals surface area contributed by atoms with Crippen LogP contribution in [-0.2, 0) is 9.84 Å². The molecule has 0 spiro atoms. The van der Waals surface area contributed by atoms with Crippen molar-refractivity contribution >= 4 is 27.2 Å². The molecule has 0 radical (unpaired) electrons. The molecule has 1 aliphatic heterocycles. The summed E-state index contributed by atoms with van der Waals surface area (Å²) in [5.74, 6) is 0.491. The van der Waals surface area contributed by atoms with Gasteiger partial charge in [-0.3, -0.25) is 0 Å². The van der Waals surface area contributed by atoms with E-state index in [0.717, 1.165) is 19.4 Å². The van der Waals surface area contributed by atoms with Gasteiger partial charge >= 0.3 is 0 Å². The first-order valence-corrected chi connectivity index (χ1v) is 7.51. The van der Waals surface area contributed by atoms with Gasteiger partial charge in [0.2, 0.25) is 0 Å². The fraction of sp³-hybridized carbons (Fsp3) is 0.889. The molecule has 2 N–H and O–H groups in total. The van der Waals surface area contributed by atoms with Crippen LogP contribution < -0.4 is 10.6 Å². The highest BCUT2D eigenvalue weighted by Crippen LogP contribution is 2.10. The van der Waals surface area contributed by atoms with Gasteiger partial charge in [-0.2, -0.15) is 0 Å². The predicted octanol–water partition coefficient (Wildman–Crippen LogP) is 0.438. The minimum absolute atomic E-state index is 0.00312. The minimum Gasteiger partial charge on any atom is -0.363 e. The van der Waals surface area contributed by atoms with E-state index >= 15 is 0 Å². The Balaban J connectivity index is 2.22. The molecule has 0 aromatic carbocycles. The van der Waals surface area contributed by atoms with Crippen LogP contribution in [0.15, 0.2) is 0 Å². The highest BCUT2D eigenvalue weighted by atomic mass is 32.2. The van der Waals surface area contributed by atoms with Crippen LogP contribution in [0.3, 0.4) is 0 Å². The summed E-state index contributed by atoms with van der Waals surface area (Å²) >= 11 is 5.06. The van der Waals surface area contributed by atoms with E-state index in [0.29, 0.717) is 11.5 Å². The first-order chi connectivity index (χ1) is 7.03. The summed E-state index contributed by atoms with van der Waals surface area (Å²) in [6.45, 7) is 2.96. The predicted molar refractivity (Wildman–Crippen MR) is 65.7 cm³/mol. The van der Waals surface area contributed by atoms with Gasteiger partial charge in [-0.15, -0.1) is 0 Å². The lowest BCUT2D eigenvalue weighted by molar-refractivity contribution is 0.600. The summed E-state index contributed by atoms with van der Waals surface area (Å²) in [5.41, 5.74) is 0. The van der Waals surface area contributed by atoms with Crippen molar-refractivity contribution < 1.29 is 8.42 Å². The molecule has 15 heavy (non-hydrogen) atoms. The first kappa shape index (κ1) is 12.7. The molecule has 88 valence electrons. The number of sulfone groups is 1. The zero-order valence-corrected chi connectivity index (χ0v) is 10.6. The quantitative estimate of drug-likeness (QED) is 0.560. The van der Waals surface area contributed by atoms with Crippen LogP contribution in [0.25, 0.3) is 0 Å². The van der Waals surface area contributed by atoms with Crippen molar-refractivity contribution in [3.63, 3.8) is 0 Å². The Hall–Kier alpha value is -0.360. The summed E-state index contributed by atoms with van der Waals surface area (Å²) < 4.78 is 22.4. The molecule has 0 amide bonds. The number of hydrogen-bond donors (Lipinski definition) is 2. The van der Waals surface area contributed by atoms with Crippen molar-refractivity contribution in [1.29, 1.82) is 0 Å². The fourth-order valence-electron chi connectivity index (χ4n) is 1.52. The third-order valence-electron chi connectivity index (χ3n) is 2.38. The number of unbranched alkanes of at least 4 members (excludes halogenated alkanes) is 1. The lowest BCUT2D eigenvalue weighted by Gasteiger charge is -2.14. The van der Waals surface area contributed by atoms with Gasteiger partial charge in [0, 0.05) is 12.6 Å². The first-order valence-electron chi connectivity index (χ1n) is 5.28. The maximum absolute atomic E-state index is 11.2. The molecule has 0 saturated carbocycles. The van der Waals surface area contributed by atoms with Gasteiger partial charge < -0.3 is 10.6 Å². The number of rotatable bonds is 4. The average Bonchev–Trinajstić information content (AvgIpc) is 2.46. The number of hydrogen-bond acceptors (Lipinski definition) is 3. The average molecular weight is 250 g/mol. The Kier molecular flexibility index (Phi) is 4.79. The van der Waals surface area contributed by atoms with E-state index in [1.54, 1.807) is 0 Å². The van der Waals surface area contributed by atoms with Crippen LogP contribution >= 0.6 is 12.2 Å². The highest BCUT2D eigenvalue weighted by Gasteiger charge is 2.27. The third-order valence-corrected chi connectivity index (χ3v) is 4.41. The minimum atomic E-state index is -2.82. The van der Waals surface area contributed by atoms with E-state index < -0.39 is 9.84 Å². The molecule has 6 heteroatoms. The summed E-state index contributed by atoms with van der Waals surface area (Å²) in [5, 5.41) is 6.67. The normalized spacial score (nSPS) is 23.7. The van der Waals surface area contributed by atoms with Crippen molar-refractivity contribution in [3.05, 3.63) is 0 Å². The summed E-state index contributed by atoms with van der Waals surface area (Å²) in [4.78, 5) is 0. The largest absolute Gasteiger partial charge is 0.363 e. The van der Waals surface area contributed by atoms with E-state index in [-0.39, 0.29) is 17.5 Å². The number of nitrogens with one attached hydrogen (secondary N) is 2. The molecule has 1 fully saturated rings. The standard InChI is InChI=1S/C9H18N2O2S2/c1-2-3-5-10-9(14)11-8-4-6-15(12,13)7-8/h8H,2-7H2,1H3,(H2,10,11,14). The molecule has 1 unspecified atom stereocenters. The zero-order valence-electron chi connectivity index (χ0n) is 8.95. The molecule has 0 aromatic rings. The topological polar surface area (TPSA) is 58.2 Å². The molecular formula is C9H18N2O2S2. The fourth-order valence-corrected chi connectivity index (χ4v) is 3.47. The lowest BCUT2D eigenvalue weighted by Crippen LogP contribution is -2.42. The molecule has 0 bridgehead atoms. The van der Waals surface area contributed by atoms with E-state index in [1.165, 1.54) is 0 Å². The summed E-state index contributed by atoms with van der Waals surface area (Å²) in [7, 11) is -2.82. The second-order valence-corrected chi connectivity index (χ2v) is 6.49. The lowest BCUT2D eigenvalue weighted by atomic mass is 10.3. The van der Waals surface area contributed by atoms with Crippen LogP contribution in [0.5, 0.6) is 0 Å². The SMILES string of the molecule is CCCCNC(=S)NC1CCS(=O)(=O)C1. The monoisotopic (exact) mass is 250 g/mol. The molecule has 1 aliphatic rings. The Bertz CT molecular complexity index is 314. The van der Waals surface area contributed by atoms with E-state index in [9.17, 15) is 8.42 Å². The maximum atomic E-state index is 11.2. The van der Waals surface area contributed by atoms with Gasteiger partial charge in [0.25, 0.3) is 0 Å². The van der Waals surface area contributed by atoms with Crippen molar-refractivity contribution in [2.24, 2.45) is 0 Å². The van der Waals surface area contributed by atoms with Crippen LogP contribution in [0.4, 0.5) is 0 Å². The van der Waals surface area contributed by atoms with Crippen molar-refractivity contribution in [1.82, 2.24) is 10.6 Å². The Morgan fingerprint density at radius 3 is 2.80 bits per heavy atom. The molecular weight excluding hydrogens is 232 g/mol. The van der Waals surface area contributed by atoms with Gasteiger partial charge in [-0.05, 0) is 25.1 Å². The van der Waals surface area contributed by atoms with Crippen molar-refractivity contribution in [2.75, 3.05) is 18.1 Å². The molecule has 1 heterocycles. The Morgan fingerprint density at radius 1 is 1.53 bits per heavy atom. The smallest absolute Gasteiger partial charge is 0.166 e. The van der Waals surface area contributed by atoms with Gasteiger partial charge in [-0.1, -0.05) is 13.3 Å². The number of thiocarbonyl (C=S) groups is 1. The zero-order chi connectivity index (χ0) is 11.3. The third kappa shape index (κ3) is 4.79. The van der Waals surface area contributed by atoms with Gasteiger partial charge in [0.15, 0.2) is 14.9 Å². The Labute approximate surface area is 96.7 Å². The van der Waals surface area contributed by atoms with Crippen molar-refractivity contribution in [3.8, 4) is 0 Å². The molecule has 1 saturated heterocycles. The molecule has 4 nitrogen and oxygen atoms in total. The molecule has 0 aromatic heterocycles. The van der Waals surface area contributed by atoms with Gasteiger partial charge in [-0.25, -0.2) is 8.42 Å². The summed E-state index contributed by atoms with van der Waals surface area (Å²) in [6.07, 6.45) is 2.86. The molecule has 1 atom stereocenters. The summed E-state index contributed by atoms with van der Waals surface area (Å²) in [6, 6.07) is -0.00312.